The molecule has 0 unspecified atom stereocenters. The summed E-state index contributed by atoms with van der Waals surface area (Å²) in [7, 11) is 0. The van der Waals surface area contributed by atoms with Gasteiger partial charge in [0.25, 0.3) is 0 Å². The fourth-order valence-corrected chi connectivity index (χ4v) is 3.73. The second kappa shape index (κ2) is 8.00. The van der Waals surface area contributed by atoms with Gasteiger partial charge in [-0.1, -0.05) is 30.3 Å². The Morgan fingerprint density at radius 1 is 1.17 bits per heavy atom. The first-order valence-corrected chi connectivity index (χ1v) is 9.07. The van der Waals surface area contributed by atoms with E-state index in [9.17, 15) is 0 Å². The summed E-state index contributed by atoms with van der Waals surface area (Å²) in [5.74, 6) is 2.09. The summed E-state index contributed by atoms with van der Waals surface area (Å²) in [4.78, 5) is 0. The Labute approximate surface area is 145 Å². The Morgan fingerprint density at radius 2 is 2.00 bits per heavy atom. The molecule has 3 nitrogen and oxygen atoms in total. The molecule has 0 spiro atoms. The summed E-state index contributed by atoms with van der Waals surface area (Å²) in [5, 5.41) is 3.66. The quantitative estimate of drug-likeness (QED) is 0.755. The molecule has 130 valence electrons. The first-order chi connectivity index (χ1) is 11.6. The van der Waals surface area contributed by atoms with Crippen LogP contribution < -0.4 is 5.32 Å². The smallest absolute Gasteiger partial charge is 0.111 e. The van der Waals surface area contributed by atoms with Crippen LogP contribution >= 0.6 is 0 Å². The molecule has 1 N–H and O–H groups in total. The predicted octanol–water partition coefficient (Wildman–Crippen LogP) is 4.60. The highest BCUT2D eigenvalue weighted by atomic mass is 16.5. The van der Waals surface area contributed by atoms with E-state index in [1.165, 1.54) is 5.56 Å². The molecule has 24 heavy (non-hydrogen) atoms. The summed E-state index contributed by atoms with van der Waals surface area (Å²) >= 11 is 0. The molecule has 0 bridgehead atoms. The maximum Gasteiger partial charge on any atom is 0.111 e. The van der Waals surface area contributed by atoms with E-state index in [2.05, 4.69) is 55.6 Å². The Bertz CT molecular complexity index is 592. The van der Waals surface area contributed by atoms with Crippen molar-refractivity contribution in [3.8, 4) is 0 Å². The maximum atomic E-state index is 5.81. The van der Waals surface area contributed by atoms with Crippen LogP contribution in [0.25, 0.3) is 0 Å². The Balaban J connectivity index is 1.51. The van der Waals surface area contributed by atoms with Gasteiger partial charge in [0.15, 0.2) is 0 Å². The summed E-state index contributed by atoms with van der Waals surface area (Å²) in [6.07, 6.45) is 5.12. The van der Waals surface area contributed by atoms with Crippen molar-refractivity contribution in [2.75, 3.05) is 19.7 Å². The third-order valence-corrected chi connectivity index (χ3v) is 4.93. The van der Waals surface area contributed by atoms with Crippen LogP contribution in [-0.2, 0) is 4.74 Å². The minimum Gasteiger partial charge on any atom is -0.469 e. The van der Waals surface area contributed by atoms with E-state index in [0.717, 1.165) is 44.7 Å². The van der Waals surface area contributed by atoms with E-state index in [1.54, 1.807) is 6.26 Å². The van der Waals surface area contributed by atoms with Gasteiger partial charge in [0.1, 0.15) is 5.76 Å². The van der Waals surface area contributed by atoms with Crippen LogP contribution in [0.5, 0.6) is 0 Å². The first kappa shape index (κ1) is 17.2. The molecule has 1 saturated heterocycles. The monoisotopic (exact) mass is 327 g/mol. The van der Waals surface area contributed by atoms with Crippen molar-refractivity contribution in [3.63, 3.8) is 0 Å². The Hall–Kier alpha value is -1.58. The molecule has 1 aromatic carbocycles. The number of hydrogen-bond acceptors (Lipinski definition) is 3. The van der Waals surface area contributed by atoms with Crippen LogP contribution in [0, 0.1) is 5.92 Å². The summed E-state index contributed by atoms with van der Waals surface area (Å²) in [6, 6.07) is 14.7. The average Bonchev–Trinajstić information content (AvgIpc) is 3.09. The van der Waals surface area contributed by atoms with E-state index in [0.29, 0.717) is 11.8 Å². The minimum absolute atomic E-state index is 0.0331. The largest absolute Gasteiger partial charge is 0.469 e. The fraction of sp³-hybridized carbons (Fsp3) is 0.524. The zero-order valence-electron chi connectivity index (χ0n) is 14.8. The lowest BCUT2D eigenvalue weighted by molar-refractivity contribution is -0.0717. The molecule has 1 aliphatic rings. The number of benzene rings is 1. The van der Waals surface area contributed by atoms with Gasteiger partial charge in [-0.3, -0.25) is 0 Å². The Morgan fingerprint density at radius 3 is 2.71 bits per heavy atom. The predicted molar refractivity (Wildman–Crippen MR) is 97.2 cm³/mol. The first-order valence-electron chi connectivity index (χ1n) is 9.07. The minimum atomic E-state index is 0.0331. The molecule has 0 saturated carbocycles. The zero-order valence-corrected chi connectivity index (χ0v) is 14.8. The number of ether oxygens (including phenoxy) is 1. The highest BCUT2D eigenvalue weighted by molar-refractivity contribution is 5.27. The molecule has 2 aromatic rings. The molecule has 1 aliphatic heterocycles. The van der Waals surface area contributed by atoms with Crippen molar-refractivity contribution in [1.29, 1.82) is 0 Å². The molecule has 3 rings (SSSR count). The summed E-state index contributed by atoms with van der Waals surface area (Å²) < 4.78 is 11.5. The van der Waals surface area contributed by atoms with Crippen molar-refractivity contribution < 1.29 is 9.15 Å². The highest BCUT2D eigenvalue weighted by Crippen LogP contribution is 2.29. The number of furan rings is 1. The molecule has 0 radical (unpaired) electrons. The van der Waals surface area contributed by atoms with E-state index in [-0.39, 0.29) is 5.60 Å². The lowest BCUT2D eigenvalue weighted by atomic mass is 9.88. The van der Waals surface area contributed by atoms with Crippen LogP contribution in [0.15, 0.2) is 53.1 Å². The van der Waals surface area contributed by atoms with Crippen molar-refractivity contribution in [2.24, 2.45) is 5.92 Å². The number of hydrogen-bond donors (Lipinski definition) is 1. The van der Waals surface area contributed by atoms with E-state index < -0.39 is 0 Å². The van der Waals surface area contributed by atoms with Crippen LogP contribution in [0.1, 0.15) is 50.4 Å². The van der Waals surface area contributed by atoms with Crippen molar-refractivity contribution >= 4 is 0 Å². The fourth-order valence-electron chi connectivity index (χ4n) is 3.73. The lowest BCUT2D eigenvalue weighted by Gasteiger charge is -2.35. The average molecular weight is 327 g/mol. The topological polar surface area (TPSA) is 34.4 Å². The third kappa shape index (κ3) is 4.71. The molecular weight excluding hydrogens is 298 g/mol. The van der Waals surface area contributed by atoms with Crippen LogP contribution in [0.3, 0.4) is 0 Å². The Kier molecular flexibility index (Phi) is 5.75. The lowest BCUT2D eigenvalue weighted by Crippen LogP contribution is -2.38. The van der Waals surface area contributed by atoms with Gasteiger partial charge >= 0.3 is 0 Å². The summed E-state index contributed by atoms with van der Waals surface area (Å²) in [6.45, 7) is 7.35. The van der Waals surface area contributed by atoms with Crippen LogP contribution in [0.4, 0.5) is 0 Å². The molecule has 3 heteroatoms. The van der Waals surface area contributed by atoms with Crippen LogP contribution in [0.2, 0.25) is 0 Å². The molecular formula is C21H29NO2. The third-order valence-electron chi connectivity index (χ3n) is 4.93. The molecule has 2 heterocycles. The second-order valence-electron chi connectivity index (χ2n) is 7.44. The van der Waals surface area contributed by atoms with Gasteiger partial charge in [-0.05, 0) is 69.8 Å². The molecule has 0 amide bonds. The normalized spacial score (nSPS) is 21.5. The van der Waals surface area contributed by atoms with E-state index in [1.807, 2.05) is 6.07 Å². The standard InChI is InChI=1S/C21H29NO2/c1-21(2)15-17(11-14-24-21)16-22-12-10-19(20-9-6-13-23-20)18-7-4-3-5-8-18/h3-9,13,17,19,22H,10-12,14-16H2,1-2H3/t17-,19-/m1/s1. The van der Waals surface area contributed by atoms with Gasteiger partial charge in [0, 0.05) is 12.5 Å². The van der Waals surface area contributed by atoms with Gasteiger partial charge in [-0.2, -0.15) is 0 Å². The van der Waals surface area contributed by atoms with Crippen molar-refractivity contribution in [1.82, 2.24) is 5.32 Å². The summed E-state index contributed by atoms with van der Waals surface area (Å²) in [5.41, 5.74) is 1.35. The van der Waals surface area contributed by atoms with E-state index in [4.69, 9.17) is 9.15 Å². The zero-order chi connectivity index (χ0) is 16.8. The van der Waals surface area contributed by atoms with Gasteiger partial charge < -0.3 is 14.5 Å². The van der Waals surface area contributed by atoms with Gasteiger partial charge in [-0.15, -0.1) is 0 Å². The van der Waals surface area contributed by atoms with Crippen LogP contribution in [-0.4, -0.2) is 25.3 Å². The molecule has 0 aliphatic carbocycles. The SMILES string of the molecule is CC1(C)C[C@H](CNCC[C@H](c2ccccc2)c2ccco2)CCO1. The van der Waals surface area contributed by atoms with Gasteiger partial charge in [0.2, 0.25) is 0 Å². The highest BCUT2D eigenvalue weighted by Gasteiger charge is 2.28. The van der Waals surface area contributed by atoms with Crippen molar-refractivity contribution in [2.45, 2.75) is 44.6 Å². The number of nitrogens with one attached hydrogen (secondary N) is 1. The van der Waals surface area contributed by atoms with Crippen molar-refractivity contribution in [3.05, 3.63) is 60.1 Å². The maximum absolute atomic E-state index is 5.81. The van der Waals surface area contributed by atoms with E-state index >= 15 is 0 Å². The molecule has 2 atom stereocenters. The van der Waals surface area contributed by atoms with Gasteiger partial charge in [-0.25, -0.2) is 0 Å². The number of rotatable bonds is 7. The van der Waals surface area contributed by atoms with Gasteiger partial charge in [0.05, 0.1) is 11.9 Å². The second-order valence-corrected chi connectivity index (χ2v) is 7.44. The molecule has 1 fully saturated rings. The molecule has 1 aromatic heterocycles.